The molecule has 1 aliphatic heterocycles. The maximum atomic E-state index is 12.4. The van der Waals surface area contributed by atoms with Crippen LogP contribution in [0.25, 0.3) is 6.08 Å². The van der Waals surface area contributed by atoms with Gasteiger partial charge in [0.25, 0.3) is 5.69 Å². The number of aliphatic imine (C=N–C) groups is 1. The van der Waals surface area contributed by atoms with E-state index in [4.69, 9.17) is 37.4 Å². The summed E-state index contributed by atoms with van der Waals surface area (Å²) in [6.07, 6.45) is 1.47. The van der Waals surface area contributed by atoms with E-state index in [1.54, 1.807) is 12.1 Å². The summed E-state index contributed by atoms with van der Waals surface area (Å²) in [5.41, 5.74) is 2.53. The highest BCUT2D eigenvalue weighted by atomic mass is 35.5. The van der Waals surface area contributed by atoms with E-state index in [0.717, 1.165) is 11.1 Å². The van der Waals surface area contributed by atoms with Gasteiger partial charge in [-0.15, -0.1) is 0 Å². The topological polar surface area (TPSA) is 100 Å². The van der Waals surface area contributed by atoms with Gasteiger partial charge >= 0.3 is 5.97 Å². The van der Waals surface area contributed by atoms with Crippen molar-refractivity contribution in [1.82, 2.24) is 0 Å². The molecule has 0 N–H and O–H groups in total. The summed E-state index contributed by atoms with van der Waals surface area (Å²) < 4.78 is 16.5. The van der Waals surface area contributed by atoms with Crippen LogP contribution in [0.1, 0.15) is 22.3 Å². The van der Waals surface area contributed by atoms with Gasteiger partial charge in [-0.3, -0.25) is 10.1 Å². The molecular weight excluding hydrogens is 495 g/mol. The molecule has 10 heteroatoms. The van der Waals surface area contributed by atoms with Gasteiger partial charge in [0.05, 0.1) is 17.1 Å². The Morgan fingerprint density at radius 1 is 1.11 bits per heavy atom. The number of nitro benzene ring substituents is 1. The van der Waals surface area contributed by atoms with Crippen molar-refractivity contribution in [1.29, 1.82) is 0 Å². The molecule has 0 radical (unpaired) electrons. The Bertz CT molecular complexity index is 1400. The molecule has 0 amide bonds. The number of hydrogen-bond donors (Lipinski definition) is 0. The molecule has 1 aliphatic rings. The summed E-state index contributed by atoms with van der Waals surface area (Å²) in [6.45, 7) is 2.29. The molecule has 0 fully saturated rings. The van der Waals surface area contributed by atoms with Crippen LogP contribution in [-0.4, -0.2) is 23.9 Å². The number of cyclic esters (lactones) is 1. The van der Waals surface area contributed by atoms with Crippen LogP contribution in [0.15, 0.2) is 65.3 Å². The Labute approximate surface area is 210 Å². The van der Waals surface area contributed by atoms with E-state index < -0.39 is 10.9 Å². The monoisotopic (exact) mass is 512 g/mol. The predicted octanol–water partition coefficient (Wildman–Crippen LogP) is 6.14. The second-order valence-electron chi connectivity index (χ2n) is 7.57. The van der Waals surface area contributed by atoms with Crippen LogP contribution in [0, 0.1) is 17.0 Å². The third-order valence-electron chi connectivity index (χ3n) is 5.03. The molecular formula is C25H18Cl2N2O6. The van der Waals surface area contributed by atoms with Crippen molar-refractivity contribution in [3.8, 4) is 11.5 Å². The first-order valence-corrected chi connectivity index (χ1v) is 11.0. The Hall–Kier alpha value is -3.88. The minimum atomic E-state index is -0.715. The molecule has 1 heterocycles. The van der Waals surface area contributed by atoms with Crippen LogP contribution in [0.3, 0.4) is 0 Å². The molecule has 0 saturated carbocycles. The number of carbonyl (C=O) groups is 1. The Morgan fingerprint density at radius 2 is 1.91 bits per heavy atom. The number of aryl methyl sites for hydroxylation is 1. The molecule has 0 bridgehead atoms. The molecule has 0 saturated heterocycles. The van der Waals surface area contributed by atoms with E-state index in [9.17, 15) is 14.9 Å². The van der Waals surface area contributed by atoms with Crippen molar-refractivity contribution >= 4 is 46.8 Å². The normalized spacial score (nSPS) is 14.0. The molecule has 4 rings (SSSR count). The fourth-order valence-electron chi connectivity index (χ4n) is 3.40. The summed E-state index contributed by atoms with van der Waals surface area (Å²) >= 11 is 12.3. The second kappa shape index (κ2) is 10.2. The quantitative estimate of drug-likeness (QED) is 0.163. The van der Waals surface area contributed by atoms with Crippen molar-refractivity contribution < 1.29 is 23.9 Å². The van der Waals surface area contributed by atoms with E-state index in [1.165, 1.54) is 31.4 Å². The molecule has 3 aromatic carbocycles. The fraction of sp³-hybridized carbons (Fsp3) is 0.120. The van der Waals surface area contributed by atoms with Crippen LogP contribution >= 0.6 is 23.2 Å². The van der Waals surface area contributed by atoms with Gasteiger partial charge in [-0.05, 0) is 48.4 Å². The van der Waals surface area contributed by atoms with Crippen molar-refractivity contribution in [3.05, 3.63) is 103 Å². The van der Waals surface area contributed by atoms with Crippen molar-refractivity contribution in [2.24, 2.45) is 4.99 Å². The van der Waals surface area contributed by atoms with Crippen molar-refractivity contribution in [2.75, 3.05) is 7.11 Å². The van der Waals surface area contributed by atoms with Gasteiger partial charge in [-0.25, -0.2) is 9.79 Å². The molecule has 0 aliphatic carbocycles. The maximum Gasteiger partial charge on any atom is 0.363 e. The SMILES string of the molecule is COc1cc(/C=C2\N=C(c3ccc(Cl)c([N+](=O)[O-])c3)OC2=O)cc(Cl)c1OCc1cccc(C)c1. The fourth-order valence-corrected chi connectivity index (χ4v) is 3.86. The van der Waals surface area contributed by atoms with Crippen LogP contribution in [0.5, 0.6) is 11.5 Å². The van der Waals surface area contributed by atoms with Gasteiger partial charge in [0, 0.05) is 11.6 Å². The first kappa shape index (κ1) is 24.3. The van der Waals surface area contributed by atoms with Crippen LogP contribution < -0.4 is 9.47 Å². The predicted molar refractivity (Wildman–Crippen MR) is 132 cm³/mol. The van der Waals surface area contributed by atoms with E-state index in [0.29, 0.717) is 23.7 Å². The highest BCUT2D eigenvalue weighted by molar-refractivity contribution is 6.33. The van der Waals surface area contributed by atoms with Gasteiger partial charge in [0.15, 0.2) is 17.2 Å². The average Bonchev–Trinajstić information content (AvgIpc) is 3.18. The highest BCUT2D eigenvalue weighted by Gasteiger charge is 2.26. The smallest absolute Gasteiger partial charge is 0.363 e. The lowest BCUT2D eigenvalue weighted by Gasteiger charge is -2.13. The molecule has 0 spiro atoms. The third-order valence-corrected chi connectivity index (χ3v) is 5.63. The van der Waals surface area contributed by atoms with Gasteiger partial charge in [-0.2, -0.15) is 0 Å². The van der Waals surface area contributed by atoms with Crippen LogP contribution in [0.2, 0.25) is 10.0 Å². The number of rotatable bonds is 7. The number of carbonyl (C=O) groups excluding carboxylic acids is 1. The zero-order valence-corrected chi connectivity index (χ0v) is 20.1. The standard InChI is InChI=1S/C25H18Cl2N2O6/c1-14-4-3-5-15(8-14)13-34-23-19(27)9-16(11-22(23)33-2)10-20-25(30)35-24(28-20)17-6-7-18(26)21(12-17)29(31)32/h3-12H,13H2,1-2H3/b20-10-. The van der Waals surface area contributed by atoms with E-state index >= 15 is 0 Å². The molecule has 35 heavy (non-hydrogen) atoms. The van der Waals surface area contributed by atoms with Gasteiger partial charge < -0.3 is 14.2 Å². The Morgan fingerprint density at radius 3 is 2.63 bits per heavy atom. The summed E-state index contributed by atoms with van der Waals surface area (Å²) in [6, 6.07) is 15.2. The number of methoxy groups -OCH3 is 1. The second-order valence-corrected chi connectivity index (χ2v) is 8.39. The maximum absolute atomic E-state index is 12.4. The molecule has 178 valence electrons. The van der Waals surface area contributed by atoms with Crippen LogP contribution in [-0.2, 0) is 16.1 Å². The van der Waals surface area contributed by atoms with Crippen molar-refractivity contribution in [3.63, 3.8) is 0 Å². The highest BCUT2D eigenvalue weighted by Crippen LogP contribution is 2.38. The average molecular weight is 513 g/mol. The zero-order chi connectivity index (χ0) is 25.1. The first-order chi connectivity index (χ1) is 16.7. The van der Waals surface area contributed by atoms with Crippen molar-refractivity contribution in [2.45, 2.75) is 13.5 Å². The minimum absolute atomic E-state index is 0.0100. The Kier molecular flexibility index (Phi) is 7.04. The minimum Gasteiger partial charge on any atom is -0.493 e. The van der Waals surface area contributed by atoms with E-state index in [2.05, 4.69) is 4.99 Å². The number of nitrogens with zero attached hydrogens (tertiary/aromatic N) is 2. The molecule has 0 unspecified atom stereocenters. The molecule has 0 atom stereocenters. The molecule has 0 aromatic heterocycles. The lowest BCUT2D eigenvalue weighted by atomic mass is 10.1. The first-order valence-electron chi connectivity index (χ1n) is 10.3. The summed E-state index contributed by atoms with van der Waals surface area (Å²) in [5.74, 6) is -0.0463. The van der Waals surface area contributed by atoms with E-state index in [1.807, 2.05) is 31.2 Å². The third kappa shape index (κ3) is 5.45. The molecule has 3 aromatic rings. The number of benzene rings is 3. The summed E-state index contributed by atoms with van der Waals surface area (Å²) in [4.78, 5) is 27.1. The largest absolute Gasteiger partial charge is 0.493 e. The van der Waals surface area contributed by atoms with E-state index in [-0.39, 0.29) is 32.9 Å². The van der Waals surface area contributed by atoms with Gasteiger partial charge in [0.1, 0.15) is 11.6 Å². The summed E-state index contributed by atoms with van der Waals surface area (Å²) in [5, 5.41) is 11.4. The lowest BCUT2D eigenvalue weighted by Crippen LogP contribution is -2.06. The Balaban J connectivity index is 1.61. The van der Waals surface area contributed by atoms with Crippen LogP contribution in [0.4, 0.5) is 5.69 Å². The lowest BCUT2D eigenvalue weighted by molar-refractivity contribution is -0.384. The number of esters is 1. The number of hydrogen-bond acceptors (Lipinski definition) is 7. The number of nitro groups is 1. The molecule has 8 nitrogen and oxygen atoms in total. The number of ether oxygens (including phenoxy) is 3. The number of halogens is 2. The van der Waals surface area contributed by atoms with Gasteiger partial charge in [-0.1, -0.05) is 53.0 Å². The zero-order valence-electron chi connectivity index (χ0n) is 18.6. The summed E-state index contributed by atoms with van der Waals surface area (Å²) in [7, 11) is 1.48. The van der Waals surface area contributed by atoms with Gasteiger partial charge in [0.2, 0.25) is 5.90 Å².